The highest BCUT2D eigenvalue weighted by molar-refractivity contribution is 7.85. The first-order chi connectivity index (χ1) is 13.5. The van der Waals surface area contributed by atoms with Gasteiger partial charge in [-0.2, -0.15) is 0 Å². The molecule has 2 unspecified atom stereocenters. The summed E-state index contributed by atoms with van der Waals surface area (Å²) in [5.41, 5.74) is 1.59. The molecule has 0 radical (unpaired) electrons. The Morgan fingerprint density at radius 2 is 1.82 bits per heavy atom. The Bertz CT molecular complexity index is 974. The summed E-state index contributed by atoms with van der Waals surface area (Å²) in [6, 6.07) is 11.0. The number of hydrogen-bond donors (Lipinski definition) is 1. The van der Waals surface area contributed by atoms with Crippen molar-refractivity contribution in [2.75, 3.05) is 25.3 Å². The number of aromatic nitrogens is 1. The molecule has 0 bridgehead atoms. The van der Waals surface area contributed by atoms with Gasteiger partial charge in [0.2, 0.25) is 5.91 Å². The summed E-state index contributed by atoms with van der Waals surface area (Å²) in [7, 11) is 2.15. The zero-order chi connectivity index (χ0) is 20.3. The number of methoxy groups -OCH3 is 2. The predicted octanol–water partition coefficient (Wildman–Crippen LogP) is 4.18. The molecule has 28 heavy (non-hydrogen) atoms. The Morgan fingerprint density at radius 1 is 1.18 bits per heavy atom. The Hall–Kier alpha value is -2.45. The molecule has 2 aromatic carbocycles. The third kappa shape index (κ3) is 4.18. The lowest BCUT2D eigenvalue weighted by molar-refractivity contribution is -0.117. The Kier molecular flexibility index (Phi) is 6.31. The van der Waals surface area contributed by atoms with Gasteiger partial charge in [0.15, 0.2) is 16.6 Å². The van der Waals surface area contributed by atoms with E-state index in [0.29, 0.717) is 22.4 Å². The van der Waals surface area contributed by atoms with E-state index >= 15 is 0 Å². The van der Waals surface area contributed by atoms with Crippen LogP contribution in [0.4, 0.5) is 5.13 Å². The summed E-state index contributed by atoms with van der Waals surface area (Å²) in [5.74, 6) is 1.27. The molecular formula is C20H22N2O4S2. The quantitative estimate of drug-likeness (QED) is 0.623. The molecule has 3 aromatic rings. The highest BCUT2D eigenvalue weighted by Crippen LogP contribution is 2.36. The Morgan fingerprint density at radius 3 is 2.43 bits per heavy atom. The Labute approximate surface area is 170 Å². The molecule has 1 amide bonds. The van der Waals surface area contributed by atoms with Crippen molar-refractivity contribution in [2.45, 2.75) is 24.7 Å². The molecule has 0 fully saturated rings. The number of nitrogens with one attached hydrogen (secondary N) is 1. The number of ether oxygens (including phenoxy) is 2. The maximum Gasteiger partial charge on any atom is 0.233 e. The molecule has 0 aliphatic rings. The molecule has 148 valence electrons. The first-order valence-electron chi connectivity index (χ1n) is 8.78. The van der Waals surface area contributed by atoms with Gasteiger partial charge >= 0.3 is 0 Å². The van der Waals surface area contributed by atoms with Crippen molar-refractivity contribution in [3.05, 3.63) is 42.0 Å². The first kappa shape index (κ1) is 20.3. The number of amides is 1. The van der Waals surface area contributed by atoms with E-state index < -0.39 is 10.8 Å². The van der Waals surface area contributed by atoms with Crippen LogP contribution in [0.15, 0.2) is 41.3 Å². The molecule has 0 spiro atoms. The molecule has 8 heteroatoms. The van der Waals surface area contributed by atoms with Crippen LogP contribution in [0.2, 0.25) is 0 Å². The maximum absolute atomic E-state index is 12.7. The number of benzene rings is 2. The van der Waals surface area contributed by atoms with Crippen LogP contribution >= 0.6 is 11.3 Å². The summed E-state index contributed by atoms with van der Waals surface area (Å²) in [4.78, 5) is 17.9. The van der Waals surface area contributed by atoms with E-state index in [-0.39, 0.29) is 11.8 Å². The van der Waals surface area contributed by atoms with Gasteiger partial charge in [0.05, 0.1) is 41.2 Å². The van der Waals surface area contributed by atoms with Crippen molar-refractivity contribution in [1.82, 2.24) is 4.98 Å². The standard InChI is InChI=1S/C20H22N2O4S2/c1-5-28(24)14-8-6-13(7-9-14)12(2)19(23)22-20-21-15-10-16(25-3)17(26-4)11-18(15)27-20/h6-12H,5H2,1-4H3,(H,21,22,23). The molecule has 3 rings (SSSR count). The van der Waals surface area contributed by atoms with Gasteiger partial charge in [-0.15, -0.1) is 0 Å². The summed E-state index contributed by atoms with van der Waals surface area (Å²) in [6.45, 7) is 3.71. The second-order valence-corrected chi connectivity index (χ2v) is 8.88. The van der Waals surface area contributed by atoms with Gasteiger partial charge in [0.1, 0.15) is 0 Å². The van der Waals surface area contributed by atoms with Crippen molar-refractivity contribution >= 4 is 43.4 Å². The SMILES string of the molecule is CCS(=O)c1ccc(C(C)C(=O)Nc2nc3cc(OC)c(OC)cc3s2)cc1. The fraction of sp³-hybridized carbons (Fsp3) is 0.300. The number of anilines is 1. The lowest BCUT2D eigenvalue weighted by Crippen LogP contribution is -2.18. The van der Waals surface area contributed by atoms with E-state index in [1.54, 1.807) is 20.3 Å². The lowest BCUT2D eigenvalue weighted by Gasteiger charge is -2.11. The van der Waals surface area contributed by atoms with Crippen molar-refractivity contribution in [2.24, 2.45) is 0 Å². The van der Waals surface area contributed by atoms with Gasteiger partial charge in [-0.25, -0.2) is 4.98 Å². The summed E-state index contributed by atoms with van der Waals surface area (Å²) < 4.78 is 23.4. The van der Waals surface area contributed by atoms with Gasteiger partial charge in [0.25, 0.3) is 0 Å². The number of carbonyl (C=O) groups is 1. The lowest BCUT2D eigenvalue weighted by atomic mass is 10.0. The van der Waals surface area contributed by atoms with E-state index in [4.69, 9.17) is 9.47 Å². The minimum Gasteiger partial charge on any atom is -0.493 e. The van der Waals surface area contributed by atoms with Crippen LogP contribution in [0.5, 0.6) is 11.5 Å². The molecule has 0 saturated carbocycles. The van der Waals surface area contributed by atoms with Crippen LogP contribution in [-0.2, 0) is 15.6 Å². The summed E-state index contributed by atoms with van der Waals surface area (Å²) in [6.07, 6.45) is 0. The summed E-state index contributed by atoms with van der Waals surface area (Å²) in [5, 5.41) is 3.40. The van der Waals surface area contributed by atoms with E-state index in [2.05, 4.69) is 10.3 Å². The second-order valence-electron chi connectivity index (χ2n) is 6.11. The van der Waals surface area contributed by atoms with Gasteiger partial charge < -0.3 is 14.8 Å². The fourth-order valence-electron chi connectivity index (χ4n) is 2.75. The van der Waals surface area contributed by atoms with Gasteiger partial charge in [0, 0.05) is 22.8 Å². The minimum absolute atomic E-state index is 0.151. The molecule has 1 heterocycles. The average molecular weight is 419 g/mol. The molecular weight excluding hydrogens is 396 g/mol. The van der Waals surface area contributed by atoms with E-state index in [1.807, 2.05) is 44.2 Å². The largest absolute Gasteiger partial charge is 0.493 e. The maximum atomic E-state index is 12.7. The zero-order valence-corrected chi connectivity index (χ0v) is 17.8. The monoisotopic (exact) mass is 418 g/mol. The van der Waals surface area contributed by atoms with Crippen molar-refractivity contribution in [3.8, 4) is 11.5 Å². The zero-order valence-electron chi connectivity index (χ0n) is 16.1. The van der Waals surface area contributed by atoms with Crippen molar-refractivity contribution < 1.29 is 18.5 Å². The molecule has 1 N–H and O–H groups in total. The van der Waals surface area contributed by atoms with Gasteiger partial charge in [-0.1, -0.05) is 30.4 Å². The van der Waals surface area contributed by atoms with Gasteiger partial charge in [-0.3, -0.25) is 9.00 Å². The topological polar surface area (TPSA) is 77.5 Å². The van der Waals surface area contributed by atoms with Crippen LogP contribution in [0.25, 0.3) is 10.2 Å². The third-order valence-electron chi connectivity index (χ3n) is 4.42. The van der Waals surface area contributed by atoms with Crippen LogP contribution in [0, 0.1) is 0 Å². The molecule has 6 nitrogen and oxygen atoms in total. The van der Waals surface area contributed by atoms with E-state index in [1.165, 1.54) is 11.3 Å². The number of thiazole rings is 1. The smallest absolute Gasteiger partial charge is 0.233 e. The number of fused-ring (bicyclic) bond motifs is 1. The average Bonchev–Trinajstić information content (AvgIpc) is 3.12. The van der Waals surface area contributed by atoms with Crippen LogP contribution in [-0.4, -0.2) is 35.1 Å². The van der Waals surface area contributed by atoms with Crippen LogP contribution in [0.3, 0.4) is 0 Å². The third-order valence-corrected chi connectivity index (χ3v) is 6.68. The molecule has 1 aromatic heterocycles. The van der Waals surface area contributed by atoms with Crippen LogP contribution < -0.4 is 14.8 Å². The number of rotatable bonds is 7. The van der Waals surface area contributed by atoms with Crippen molar-refractivity contribution in [3.63, 3.8) is 0 Å². The minimum atomic E-state index is -0.998. The molecule has 0 saturated heterocycles. The van der Waals surface area contributed by atoms with Crippen molar-refractivity contribution in [1.29, 1.82) is 0 Å². The fourth-order valence-corrected chi connectivity index (χ4v) is 4.40. The molecule has 0 aliphatic heterocycles. The highest BCUT2D eigenvalue weighted by Gasteiger charge is 2.18. The normalized spacial score (nSPS) is 13.1. The molecule has 0 aliphatic carbocycles. The van der Waals surface area contributed by atoms with Crippen LogP contribution in [0.1, 0.15) is 25.3 Å². The van der Waals surface area contributed by atoms with E-state index in [0.717, 1.165) is 20.7 Å². The van der Waals surface area contributed by atoms with Gasteiger partial charge in [-0.05, 0) is 24.6 Å². The number of nitrogens with zero attached hydrogens (tertiary/aromatic N) is 1. The number of carbonyl (C=O) groups excluding carboxylic acids is 1. The Balaban J connectivity index is 1.77. The highest BCUT2D eigenvalue weighted by atomic mass is 32.2. The second kappa shape index (κ2) is 8.70. The summed E-state index contributed by atoms with van der Waals surface area (Å²) >= 11 is 1.38. The molecule has 2 atom stereocenters. The number of hydrogen-bond acceptors (Lipinski definition) is 6. The van der Waals surface area contributed by atoms with E-state index in [9.17, 15) is 9.00 Å². The first-order valence-corrected chi connectivity index (χ1v) is 10.9. The predicted molar refractivity (Wildman–Crippen MR) is 113 cm³/mol.